The highest BCUT2D eigenvalue weighted by molar-refractivity contribution is 9.10. The zero-order chi connectivity index (χ0) is 14.4. The predicted octanol–water partition coefficient (Wildman–Crippen LogP) is 5.13. The van der Waals surface area contributed by atoms with Gasteiger partial charge in [-0.15, -0.1) is 0 Å². The van der Waals surface area contributed by atoms with Crippen molar-refractivity contribution in [1.29, 1.82) is 0 Å². The van der Waals surface area contributed by atoms with Gasteiger partial charge in [0.2, 0.25) is 0 Å². The molecule has 4 rings (SSSR count). The second-order valence-corrected chi connectivity index (χ2v) is 5.94. The first-order valence-corrected chi connectivity index (χ1v) is 7.58. The normalized spacial score (nSPS) is 11.3. The highest BCUT2D eigenvalue weighted by atomic mass is 79.9. The molecular weight excluding hydrogens is 324 g/mol. The van der Waals surface area contributed by atoms with Gasteiger partial charge in [-0.1, -0.05) is 36.4 Å². The standard InChI is InChI=1S/C18H13BrN2/c19-16-11-12(20)10-15-14-8-4-5-9-17(14)21(18(15)16)13-6-2-1-3-7-13/h1-11H,20H2. The topological polar surface area (TPSA) is 30.9 Å². The van der Waals surface area contributed by atoms with Gasteiger partial charge in [0.25, 0.3) is 0 Å². The van der Waals surface area contributed by atoms with Crippen molar-refractivity contribution in [3.63, 3.8) is 0 Å². The summed E-state index contributed by atoms with van der Waals surface area (Å²) in [5.41, 5.74) is 10.3. The quantitative estimate of drug-likeness (QED) is 0.480. The van der Waals surface area contributed by atoms with Gasteiger partial charge in [-0.25, -0.2) is 0 Å². The van der Waals surface area contributed by atoms with Crippen LogP contribution in [0.15, 0.2) is 71.2 Å². The molecule has 0 unspecified atom stereocenters. The molecule has 0 saturated carbocycles. The van der Waals surface area contributed by atoms with E-state index in [1.54, 1.807) is 0 Å². The molecule has 2 N–H and O–H groups in total. The summed E-state index contributed by atoms with van der Waals surface area (Å²) in [6.45, 7) is 0. The fraction of sp³-hybridized carbons (Fsp3) is 0. The maximum absolute atomic E-state index is 6.02. The third-order valence-corrected chi connectivity index (χ3v) is 4.36. The molecule has 0 radical (unpaired) electrons. The fourth-order valence-electron chi connectivity index (χ4n) is 2.91. The van der Waals surface area contributed by atoms with Gasteiger partial charge in [0.1, 0.15) is 0 Å². The van der Waals surface area contributed by atoms with E-state index >= 15 is 0 Å². The van der Waals surface area contributed by atoms with E-state index in [1.165, 1.54) is 16.3 Å². The third kappa shape index (κ3) is 1.85. The number of hydrogen-bond donors (Lipinski definition) is 1. The lowest BCUT2D eigenvalue weighted by Gasteiger charge is -2.08. The molecule has 0 saturated heterocycles. The van der Waals surface area contributed by atoms with Crippen molar-refractivity contribution < 1.29 is 0 Å². The summed E-state index contributed by atoms with van der Waals surface area (Å²) in [7, 11) is 0. The summed E-state index contributed by atoms with van der Waals surface area (Å²) in [5.74, 6) is 0. The number of benzene rings is 3. The molecule has 1 heterocycles. The van der Waals surface area contributed by atoms with E-state index in [0.717, 1.165) is 21.4 Å². The number of nitrogen functional groups attached to an aromatic ring is 1. The van der Waals surface area contributed by atoms with Crippen LogP contribution in [0.25, 0.3) is 27.5 Å². The summed E-state index contributed by atoms with van der Waals surface area (Å²) in [6, 6.07) is 22.8. The van der Waals surface area contributed by atoms with E-state index in [1.807, 2.05) is 18.2 Å². The molecule has 4 aromatic rings. The van der Waals surface area contributed by atoms with Crippen molar-refractivity contribution in [2.24, 2.45) is 0 Å². The Morgan fingerprint density at radius 1 is 0.810 bits per heavy atom. The average molecular weight is 337 g/mol. The second-order valence-electron chi connectivity index (χ2n) is 5.09. The van der Waals surface area contributed by atoms with Gasteiger partial charge >= 0.3 is 0 Å². The van der Waals surface area contributed by atoms with Gasteiger partial charge in [0.05, 0.1) is 11.0 Å². The summed E-state index contributed by atoms with van der Waals surface area (Å²) >= 11 is 3.67. The smallest absolute Gasteiger partial charge is 0.0684 e. The molecule has 0 atom stereocenters. The number of rotatable bonds is 1. The highest BCUT2D eigenvalue weighted by Crippen LogP contribution is 2.37. The van der Waals surface area contributed by atoms with Gasteiger partial charge in [-0.05, 0) is 46.3 Å². The Bertz CT molecular complexity index is 955. The number of nitrogens with two attached hydrogens (primary N) is 1. The Morgan fingerprint density at radius 3 is 2.33 bits per heavy atom. The van der Waals surface area contributed by atoms with Crippen molar-refractivity contribution in [3.8, 4) is 5.69 Å². The van der Waals surface area contributed by atoms with Crippen LogP contribution in [-0.2, 0) is 0 Å². The van der Waals surface area contributed by atoms with E-state index in [-0.39, 0.29) is 0 Å². The van der Waals surface area contributed by atoms with Crippen LogP contribution >= 0.6 is 15.9 Å². The largest absolute Gasteiger partial charge is 0.399 e. The van der Waals surface area contributed by atoms with Crippen LogP contribution in [0.2, 0.25) is 0 Å². The maximum Gasteiger partial charge on any atom is 0.0684 e. The SMILES string of the molecule is Nc1cc(Br)c2c(c1)c1ccccc1n2-c1ccccc1. The highest BCUT2D eigenvalue weighted by Gasteiger charge is 2.14. The first-order valence-electron chi connectivity index (χ1n) is 6.79. The predicted molar refractivity (Wildman–Crippen MR) is 92.9 cm³/mol. The minimum Gasteiger partial charge on any atom is -0.399 e. The molecule has 0 amide bonds. The van der Waals surface area contributed by atoms with E-state index in [4.69, 9.17) is 5.73 Å². The second kappa shape index (κ2) is 4.64. The minimum atomic E-state index is 0.769. The first-order chi connectivity index (χ1) is 10.3. The van der Waals surface area contributed by atoms with Crippen LogP contribution in [0, 0.1) is 0 Å². The van der Waals surface area contributed by atoms with Gasteiger partial charge in [0.15, 0.2) is 0 Å². The molecule has 1 aromatic heterocycles. The molecule has 3 heteroatoms. The summed E-state index contributed by atoms with van der Waals surface area (Å²) < 4.78 is 3.28. The number of aromatic nitrogens is 1. The van der Waals surface area contributed by atoms with Gasteiger partial charge < -0.3 is 10.3 Å². The van der Waals surface area contributed by atoms with E-state index in [9.17, 15) is 0 Å². The van der Waals surface area contributed by atoms with E-state index in [0.29, 0.717) is 0 Å². The Kier molecular flexibility index (Phi) is 2.76. The summed E-state index contributed by atoms with van der Waals surface area (Å²) in [4.78, 5) is 0. The Balaban J connectivity index is 2.27. The van der Waals surface area contributed by atoms with Crippen molar-refractivity contribution in [3.05, 3.63) is 71.2 Å². The van der Waals surface area contributed by atoms with Crippen LogP contribution in [0.4, 0.5) is 5.69 Å². The van der Waals surface area contributed by atoms with Crippen molar-refractivity contribution >= 4 is 43.4 Å². The molecule has 0 fully saturated rings. The number of fused-ring (bicyclic) bond motifs is 3. The zero-order valence-electron chi connectivity index (χ0n) is 11.3. The first kappa shape index (κ1) is 12.5. The molecule has 0 aliphatic rings. The molecule has 102 valence electrons. The number of nitrogens with zero attached hydrogens (tertiary/aromatic N) is 1. The fourth-order valence-corrected chi connectivity index (χ4v) is 3.57. The third-order valence-electron chi connectivity index (χ3n) is 3.76. The van der Waals surface area contributed by atoms with Crippen LogP contribution in [0.1, 0.15) is 0 Å². The lowest BCUT2D eigenvalue weighted by atomic mass is 10.1. The number of anilines is 1. The van der Waals surface area contributed by atoms with Crippen molar-refractivity contribution in [1.82, 2.24) is 4.57 Å². The maximum atomic E-state index is 6.02. The molecule has 0 aliphatic heterocycles. The average Bonchev–Trinajstić information content (AvgIpc) is 2.83. The number of hydrogen-bond acceptors (Lipinski definition) is 1. The Morgan fingerprint density at radius 2 is 1.52 bits per heavy atom. The van der Waals surface area contributed by atoms with Crippen LogP contribution < -0.4 is 5.73 Å². The molecule has 0 bridgehead atoms. The molecular formula is C18H13BrN2. The number of para-hydroxylation sites is 2. The van der Waals surface area contributed by atoms with Crippen molar-refractivity contribution in [2.45, 2.75) is 0 Å². The Hall–Kier alpha value is -2.26. The van der Waals surface area contributed by atoms with Gasteiger partial charge in [-0.3, -0.25) is 0 Å². The molecule has 2 nitrogen and oxygen atoms in total. The molecule has 0 spiro atoms. The van der Waals surface area contributed by atoms with Crippen LogP contribution in [0.3, 0.4) is 0 Å². The monoisotopic (exact) mass is 336 g/mol. The summed E-state index contributed by atoms with van der Waals surface area (Å²) in [6.07, 6.45) is 0. The van der Waals surface area contributed by atoms with Crippen LogP contribution in [-0.4, -0.2) is 4.57 Å². The van der Waals surface area contributed by atoms with Crippen LogP contribution in [0.5, 0.6) is 0 Å². The minimum absolute atomic E-state index is 0.769. The lowest BCUT2D eigenvalue weighted by Crippen LogP contribution is -1.94. The molecule has 3 aromatic carbocycles. The molecule has 21 heavy (non-hydrogen) atoms. The molecule has 0 aliphatic carbocycles. The van der Waals surface area contributed by atoms with Gasteiger partial charge in [-0.2, -0.15) is 0 Å². The lowest BCUT2D eigenvalue weighted by molar-refractivity contribution is 1.18. The van der Waals surface area contributed by atoms with E-state index < -0.39 is 0 Å². The Labute approximate surface area is 130 Å². The number of halogens is 1. The summed E-state index contributed by atoms with van der Waals surface area (Å²) in [5, 5.41) is 2.38. The van der Waals surface area contributed by atoms with Gasteiger partial charge in [0, 0.05) is 26.6 Å². The van der Waals surface area contributed by atoms with E-state index in [2.05, 4.69) is 69.0 Å². The van der Waals surface area contributed by atoms with Crippen molar-refractivity contribution in [2.75, 3.05) is 5.73 Å². The zero-order valence-corrected chi connectivity index (χ0v) is 12.8.